The monoisotopic (exact) mass is 813 g/mol. The van der Waals surface area contributed by atoms with Gasteiger partial charge in [-0.3, -0.25) is 9.59 Å². The van der Waals surface area contributed by atoms with Gasteiger partial charge in [0.15, 0.2) is 0 Å². The highest BCUT2D eigenvalue weighted by Crippen LogP contribution is 2.69. The number of carboxylic acids is 1. The van der Waals surface area contributed by atoms with E-state index in [1.54, 1.807) is 0 Å². The number of fused-ring (bicyclic) bond motifs is 5. The smallest absolute Gasteiger partial charge is 0.326 e. The van der Waals surface area contributed by atoms with Crippen LogP contribution in [-0.4, -0.2) is 57.9 Å². The van der Waals surface area contributed by atoms with Crippen molar-refractivity contribution in [3.05, 3.63) is 12.2 Å². The van der Waals surface area contributed by atoms with Crippen LogP contribution >= 0.6 is 0 Å². The molecule has 0 radical (unpaired) electrons. The zero-order valence-electron chi connectivity index (χ0n) is 37.8. The molecule has 0 bridgehead atoms. The lowest BCUT2D eigenvalue weighted by molar-refractivity contribution is -0.203. The number of nitrogens with one attached hydrogen (secondary N) is 2. The highest BCUT2D eigenvalue weighted by atomic mass is 16.4. The molecule has 58 heavy (non-hydrogen) atoms. The molecule has 8 nitrogen and oxygen atoms in total. The second-order valence-corrected chi connectivity index (χ2v) is 20.3. The van der Waals surface area contributed by atoms with Crippen molar-refractivity contribution < 1.29 is 29.7 Å². The minimum Gasteiger partial charge on any atom is -0.480 e. The fourth-order valence-corrected chi connectivity index (χ4v) is 13.2. The van der Waals surface area contributed by atoms with E-state index in [-0.39, 0.29) is 40.8 Å². The van der Waals surface area contributed by atoms with Gasteiger partial charge in [-0.25, -0.2) is 4.79 Å². The molecule has 5 N–H and O–H groups in total. The molecule has 0 aromatic heterocycles. The van der Waals surface area contributed by atoms with Crippen LogP contribution in [0.4, 0.5) is 0 Å². The normalized spacial score (nSPS) is 32.9. The maximum absolute atomic E-state index is 13.1. The number of unbranched alkanes of at least 4 members (excludes halogenated alkanes) is 12. The number of allylic oxidation sites excluding steroid dienone is 2. The quantitative estimate of drug-likeness (QED) is 0.0414. The van der Waals surface area contributed by atoms with E-state index in [2.05, 4.69) is 57.4 Å². The largest absolute Gasteiger partial charge is 0.480 e. The zero-order chi connectivity index (χ0) is 42.1. The van der Waals surface area contributed by atoms with E-state index in [1.807, 2.05) is 0 Å². The predicted octanol–water partition coefficient (Wildman–Crippen LogP) is 10.9. The van der Waals surface area contributed by atoms with Crippen molar-refractivity contribution in [2.75, 3.05) is 6.54 Å². The molecule has 4 rings (SSSR count). The van der Waals surface area contributed by atoms with Crippen LogP contribution in [0.3, 0.4) is 0 Å². The van der Waals surface area contributed by atoms with Crippen LogP contribution in [0.1, 0.15) is 208 Å². The van der Waals surface area contributed by atoms with Crippen molar-refractivity contribution in [2.45, 2.75) is 226 Å². The number of aliphatic hydroxyl groups excluding tert-OH is 2. The first-order valence-electron chi connectivity index (χ1n) is 24.7. The number of carbonyl (C=O) groups is 3. The maximum atomic E-state index is 13.1. The third-order valence-electron chi connectivity index (χ3n) is 16.5. The van der Waals surface area contributed by atoms with Crippen LogP contribution in [0.2, 0.25) is 0 Å². The van der Waals surface area contributed by atoms with Crippen LogP contribution in [0.15, 0.2) is 12.2 Å². The summed E-state index contributed by atoms with van der Waals surface area (Å²) in [4.78, 5) is 37.5. The number of hydrogen-bond acceptors (Lipinski definition) is 5. The van der Waals surface area contributed by atoms with Gasteiger partial charge in [0.2, 0.25) is 11.8 Å². The molecule has 4 fully saturated rings. The Hall–Kier alpha value is -1.93. The molecule has 0 spiro atoms. The summed E-state index contributed by atoms with van der Waals surface area (Å²) in [5, 5.41) is 38.3. The van der Waals surface area contributed by atoms with Crippen LogP contribution in [-0.2, 0) is 14.4 Å². The lowest BCUT2D eigenvalue weighted by Crippen LogP contribution is -2.62. The Morgan fingerprint density at radius 3 is 2.02 bits per heavy atom. The number of amides is 2. The molecule has 2 amide bonds. The standard InChI is InChI=1S/C50H88N2O6/c1-6-8-9-10-11-12-13-14-15-16-17-18-19-20-21-25-44(54)51-34-23-22-24-43(48(57)58)52-45(55)29-26-36(3)39-27-28-40-46-41(31-33-49(39,40)4)50(5)32-30-37(53)35-42(50)38(7-2)47(46)56/h14-15,36-43,46-47,53,56H,6-13,16-35H2,1-5H3,(H,51,54)(H,52,55)(H,57,58)/t36-,37-,38-,39?,40+,41+,42+,43?,46+,47-,49-,50-/m1/s1. The molecule has 0 heterocycles. The lowest BCUT2D eigenvalue weighted by atomic mass is 9.41. The third kappa shape index (κ3) is 13.3. The molecule has 0 aliphatic heterocycles. The maximum Gasteiger partial charge on any atom is 0.326 e. The molecule has 0 aromatic rings. The average molecular weight is 813 g/mol. The first-order chi connectivity index (χ1) is 27.9. The van der Waals surface area contributed by atoms with E-state index in [4.69, 9.17) is 0 Å². The Balaban J connectivity index is 1.08. The highest BCUT2D eigenvalue weighted by molar-refractivity contribution is 5.83. The van der Waals surface area contributed by atoms with Crippen LogP contribution in [0.25, 0.3) is 0 Å². The molecule has 334 valence electrons. The van der Waals surface area contributed by atoms with Gasteiger partial charge in [-0.1, -0.05) is 105 Å². The van der Waals surface area contributed by atoms with Gasteiger partial charge < -0.3 is 26.0 Å². The topological polar surface area (TPSA) is 136 Å². The molecule has 4 saturated carbocycles. The molecule has 8 heteroatoms. The van der Waals surface area contributed by atoms with Crippen LogP contribution in [0, 0.1) is 52.3 Å². The summed E-state index contributed by atoms with van der Waals surface area (Å²) in [6.45, 7) is 12.2. The fourth-order valence-electron chi connectivity index (χ4n) is 13.2. The van der Waals surface area contributed by atoms with Gasteiger partial charge in [-0.2, -0.15) is 0 Å². The number of carboxylic acid groups (broad SMARTS) is 1. The predicted molar refractivity (Wildman–Crippen MR) is 236 cm³/mol. The van der Waals surface area contributed by atoms with E-state index >= 15 is 0 Å². The molecule has 4 aliphatic carbocycles. The Morgan fingerprint density at radius 1 is 0.707 bits per heavy atom. The summed E-state index contributed by atoms with van der Waals surface area (Å²) in [5.41, 5.74) is 0.321. The van der Waals surface area contributed by atoms with E-state index < -0.39 is 12.0 Å². The van der Waals surface area contributed by atoms with Crippen molar-refractivity contribution in [1.82, 2.24) is 10.6 Å². The SMILES string of the molecule is CCCCCCCCC=CCCCCCCCC(=O)NCCCCC(NC(=O)CC[C@@H](C)C1CC[C@H]2[C@@H]3[C@H](O)[C@H](CC)[C@@H]4C[C@H](O)CC[C@]4(C)[C@H]3CC[C@]12C)C(=O)O. The van der Waals surface area contributed by atoms with Gasteiger partial charge in [0.25, 0.3) is 0 Å². The van der Waals surface area contributed by atoms with Crippen molar-refractivity contribution in [2.24, 2.45) is 52.3 Å². The molecular formula is C50H88N2O6. The van der Waals surface area contributed by atoms with Crippen LogP contribution < -0.4 is 10.6 Å². The molecule has 0 aromatic carbocycles. The van der Waals surface area contributed by atoms with Crippen LogP contribution in [0.5, 0.6) is 0 Å². The molecular weight excluding hydrogens is 725 g/mol. The number of aliphatic hydroxyl groups is 2. The van der Waals surface area contributed by atoms with Gasteiger partial charge in [0.1, 0.15) is 6.04 Å². The number of carbonyl (C=O) groups excluding carboxylic acids is 2. The first-order valence-corrected chi connectivity index (χ1v) is 24.7. The summed E-state index contributed by atoms with van der Waals surface area (Å²) < 4.78 is 0. The van der Waals surface area contributed by atoms with Crippen molar-refractivity contribution in [1.29, 1.82) is 0 Å². The number of hydrogen-bond donors (Lipinski definition) is 5. The van der Waals surface area contributed by atoms with Gasteiger partial charge in [-0.05, 0) is 155 Å². The summed E-state index contributed by atoms with van der Waals surface area (Å²) in [5.74, 6) is 1.63. The van der Waals surface area contributed by atoms with Crippen molar-refractivity contribution in [3.63, 3.8) is 0 Å². The second-order valence-electron chi connectivity index (χ2n) is 20.3. The first kappa shape index (κ1) is 48.7. The van der Waals surface area contributed by atoms with Gasteiger partial charge in [0, 0.05) is 19.4 Å². The average Bonchev–Trinajstić information content (AvgIpc) is 3.55. The van der Waals surface area contributed by atoms with E-state index in [9.17, 15) is 29.7 Å². The molecule has 2 unspecified atom stereocenters. The minimum atomic E-state index is -1.00. The Bertz CT molecular complexity index is 1270. The Labute approximate surface area is 354 Å². The van der Waals surface area contributed by atoms with Gasteiger partial charge in [-0.15, -0.1) is 0 Å². The van der Waals surface area contributed by atoms with E-state index in [0.29, 0.717) is 74.2 Å². The third-order valence-corrected chi connectivity index (χ3v) is 16.5. The zero-order valence-corrected chi connectivity index (χ0v) is 37.8. The van der Waals surface area contributed by atoms with Gasteiger partial charge >= 0.3 is 5.97 Å². The number of aliphatic carboxylic acids is 1. The highest BCUT2D eigenvalue weighted by Gasteiger charge is 2.64. The number of rotatable bonds is 27. The Kier molecular flexibility index (Phi) is 20.6. The van der Waals surface area contributed by atoms with Gasteiger partial charge in [0.05, 0.1) is 12.2 Å². The summed E-state index contributed by atoms with van der Waals surface area (Å²) in [6, 6.07) is -0.914. The summed E-state index contributed by atoms with van der Waals surface area (Å²) in [7, 11) is 0. The summed E-state index contributed by atoms with van der Waals surface area (Å²) >= 11 is 0. The minimum absolute atomic E-state index is 0.0678. The van der Waals surface area contributed by atoms with Crippen molar-refractivity contribution in [3.8, 4) is 0 Å². The molecule has 4 aliphatic rings. The lowest BCUT2D eigenvalue weighted by Gasteiger charge is -2.64. The molecule has 0 saturated heterocycles. The molecule has 12 atom stereocenters. The fraction of sp³-hybridized carbons (Fsp3) is 0.900. The Morgan fingerprint density at radius 2 is 1.34 bits per heavy atom. The summed E-state index contributed by atoms with van der Waals surface area (Å²) in [6.07, 6.45) is 31.7. The van der Waals surface area contributed by atoms with E-state index in [0.717, 1.165) is 77.0 Å². The second kappa shape index (κ2) is 24.5. The van der Waals surface area contributed by atoms with Crippen molar-refractivity contribution >= 4 is 17.8 Å². The van der Waals surface area contributed by atoms with E-state index in [1.165, 1.54) is 64.2 Å².